The number of ether oxygens (including phenoxy) is 1. The lowest BCUT2D eigenvalue weighted by Gasteiger charge is -2.19. The van der Waals surface area contributed by atoms with E-state index in [2.05, 4.69) is 10.6 Å². The van der Waals surface area contributed by atoms with Gasteiger partial charge in [0.05, 0.1) is 19.3 Å². The van der Waals surface area contributed by atoms with Gasteiger partial charge in [0.25, 0.3) is 0 Å². The van der Waals surface area contributed by atoms with Crippen molar-refractivity contribution in [2.45, 2.75) is 26.9 Å². The highest BCUT2D eigenvalue weighted by Gasteiger charge is 2.13. The zero-order chi connectivity index (χ0) is 18.2. The summed E-state index contributed by atoms with van der Waals surface area (Å²) in [6.45, 7) is 6.54. The first-order valence-electron chi connectivity index (χ1n) is 8.40. The lowest BCUT2D eigenvalue weighted by Crippen LogP contribution is -2.33. The molecule has 0 heterocycles. The number of amides is 2. The summed E-state index contributed by atoms with van der Waals surface area (Å²) in [6.07, 6.45) is -0.307. The number of benzene rings is 2. The number of rotatable bonds is 7. The highest BCUT2D eigenvalue weighted by atomic mass is 16.5. The first kappa shape index (κ1) is 19.0. The zero-order valence-corrected chi connectivity index (χ0v) is 15.0. The third-order valence-corrected chi connectivity index (χ3v) is 4.07. The number of hydrogen-bond acceptors (Lipinski definition) is 3. The molecule has 0 spiro atoms. The standard InChI is InChI=1S/C20H26N2O3/c1-14-4-7-17(8-5-14)19(25-11-10-23)13-21-20(24)22-18-9-6-15(2)16(3)12-18/h4-9,12,19,23H,10-11,13H2,1-3H3,(H2,21,22,24). The molecule has 2 aromatic carbocycles. The Bertz CT molecular complexity index is 699. The van der Waals surface area contributed by atoms with Gasteiger partial charge >= 0.3 is 6.03 Å². The van der Waals surface area contributed by atoms with Gasteiger partial charge in [-0.05, 0) is 49.6 Å². The average Bonchev–Trinajstić information content (AvgIpc) is 2.59. The maximum absolute atomic E-state index is 12.1. The van der Waals surface area contributed by atoms with Crippen molar-refractivity contribution < 1.29 is 14.6 Å². The molecule has 1 unspecified atom stereocenters. The molecule has 0 saturated heterocycles. The Hall–Kier alpha value is -2.37. The van der Waals surface area contributed by atoms with E-state index in [1.807, 2.05) is 63.2 Å². The summed E-state index contributed by atoms with van der Waals surface area (Å²) in [5.41, 5.74) is 5.18. The van der Waals surface area contributed by atoms with Gasteiger partial charge in [0.1, 0.15) is 0 Å². The van der Waals surface area contributed by atoms with Crippen LogP contribution in [0.2, 0.25) is 0 Å². The maximum atomic E-state index is 12.1. The van der Waals surface area contributed by atoms with Crippen LogP contribution in [0.4, 0.5) is 10.5 Å². The highest BCUT2D eigenvalue weighted by molar-refractivity contribution is 5.89. The Morgan fingerprint density at radius 3 is 2.44 bits per heavy atom. The number of urea groups is 1. The molecule has 2 aromatic rings. The molecule has 0 aliphatic carbocycles. The monoisotopic (exact) mass is 342 g/mol. The molecular formula is C20H26N2O3. The summed E-state index contributed by atoms with van der Waals surface area (Å²) in [7, 11) is 0. The topological polar surface area (TPSA) is 70.6 Å². The molecule has 5 nitrogen and oxygen atoms in total. The molecule has 1 atom stereocenters. The lowest BCUT2D eigenvalue weighted by atomic mass is 10.1. The molecule has 2 amide bonds. The molecular weight excluding hydrogens is 316 g/mol. The molecule has 134 valence electrons. The van der Waals surface area contributed by atoms with E-state index in [1.165, 1.54) is 5.56 Å². The van der Waals surface area contributed by atoms with Crippen LogP contribution in [0.1, 0.15) is 28.4 Å². The fourth-order valence-corrected chi connectivity index (χ4v) is 2.43. The highest BCUT2D eigenvalue weighted by Crippen LogP contribution is 2.18. The van der Waals surface area contributed by atoms with Crippen LogP contribution < -0.4 is 10.6 Å². The molecule has 2 rings (SSSR count). The molecule has 0 aromatic heterocycles. The van der Waals surface area contributed by atoms with Gasteiger partial charge in [-0.25, -0.2) is 4.79 Å². The fraction of sp³-hybridized carbons (Fsp3) is 0.350. The first-order chi connectivity index (χ1) is 12.0. The van der Waals surface area contributed by atoms with Crippen molar-refractivity contribution in [3.8, 4) is 0 Å². The second-order valence-corrected chi connectivity index (χ2v) is 6.13. The molecule has 0 aliphatic rings. The minimum atomic E-state index is -0.307. The maximum Gasteiger partial charge on any atom is 0.319 e. The van der Waals surface area contributed by atoms with E-state index < -0.39 is 0 Å². The minimum absolute atomic E-state index is 0.0583. The average molecular weight is 342 g/mol. The number of aryl methyl sites for hydroxylation is 3. The van der Waals surface area contributed by atoms with Gasteiger partial charge in [0, 0.05) is 12.2 Å². The molecule has 5 heteroatoms. The van der Waals surface area contributed by atoms with E-state index in [0.717, 1.165) is 22.4 Å². The Kier molecular flexibility index (Phi) is 6.98. The number of anilines is 1. The van der Waals surface area contributed by atoms with Gasteiger partial charge in [-0.15, -0.1) is 0 Å². The van der Waals surface area contributed by atoms with Crippen LogP contribution in [0.25, 0.3) is 0 Å². The lowest BCUT2D eigenvalue weighted by molar-refractivity contribution is 0.0297. The molecule has 25 heavy (non-hydrogen) atoms. The van der Waals surface area contributed by atoms with Crippen molar-refractivity contribution in [2.75, 3.05) is 25.1 Å². The molecule has 0 saturated carbocycles. The fourth-order valence-electron chi connectivity index (χ4n) is 2.43. The van der Waals surface area contributed by atoms with Crippen molar-refractivity contribution in [1.29, 1.82) is 0 Å². The molecule has 0 aliphatic heterocycles. The second kappa shape index (κ2) is 9.20. The zero-order valence-electron chi connectivity index (χ0n) is 15.0. The van der Waals surface area contributed by atoms with Crippen molar-refractivity contribution in [2.24, 2.45) is 0 Å². The van der Waals surface area contributed by atoms with E-state index in [0.29, 0.717) is 6.54 Å². The van der Waals surface area contributed by atoms with Crippen LogP contribution in [-0.4, -0.2) is 30.9 Å². The summed E-state index contributed by atoms with van der Waals surface area (Å²) in [5.74, 6) is 0. The van der Waals surface area contributed by atoms with Crippen molar-refractivity contribution in [3.63, 3.8) is 0 Å². The summed E-state index contributed by atoms with van der Waals surface area (Å²) in [4.78, 5) is 12.1. The Balaban J connectivity index is 1.95. The summed E-state index contributed by atoms with van der Waals surface area (Å²) in [5, 5.41) is 14.7. The van der Waals surface area contributed by atoms with Crippen molar-refractivity contribution in [3.05, 3.63) is 64.7 Å². The molecule has 3 N–H and O–H groups in total. The van der Waals surface area contributed by atoms with E-state index in [4.69, 9.17) is 9.84 Å². The van der Waals surface area contributed by atoms with E-state index in [-0.39, 0.29) is 25.3 Å². The summed E-state index contributed by atoms with van der Waals surface area (Å²) in [6, 6.07) is 13.5. The van der Waals surface area contributed by atoms with Gasteiger partial charge in [-0.3, -0.25) is 0 Å². The van der Waals surface area contributed by atoms with E-state index >= 15 is 0 Å². The SMILES string of the molecule is Cc1ccc(C(CNC(=O)Nc2ccc(C)c(C)c2)OCCO)cc1. The largest absolute Gasteiger partial charge is 0.394 e. The third kappa shape index (κ3) is 5.89. The first-order valence-corrected chi connectivity index (χ1v) is 8.40. The van der Waals surface area contributed by atoms with Crippen LogP contribution in [0.5, 0.6) is 0 Å². The summed E-state index contributed by atoms with van der Waals surface area (Å²) < 4.78 is 5.66. The Labute approximate surface area is 149 Å². The van der Waals surface area contributed by atoms with Crippen LogP contribution in [0, 0.1) is 20.8 Å². The van der Waals surface area contributed by atoms with Gasteiger partial charge in [0.15, 0.2) is 0 Å². The third-order valence-electron chi connectivity index (χ3n) is 4.07. The predicted molar refractivity (Wildman–Crippen MR) is 99.9 cm³/mol. The second-order valence-electron chi connectivity index (χ2n) is 6.13. The minimum Gasteiger partial charge on any atom is -0.394 e. The summed E-state index contributed by atoms with van der Waals surface area (Å²) >= 11 is 0. The van der Waals surface area contributed by atoms with Gasteiger partial charge < -0.3 is 20.5 Å². The Morgan fingerprint density at radius 2 is 1.80 bits per heavy atom. The van der Waals surface area contributed by atoms with Crippen LogP contribution >= 0.6 is 0 Å². The number of aliphatic hydroxyl groups excluding tert-OH is 1. The smallest absolute Gasteiger partial charge is 0.319 e. The van der Waals surface area contributed by atoms with Gasteiger partial charge in [0.2, 0.25) is 0 Å². The normalized spacial score (nSPS) is 11.8. The van der Waals surface area contributed by atoms with Gasteiger partial charge in [-0.2, -0.15) is 0 Å². The molecule has 0 fully saturated rings. The van der Waals surface area contributed by atoms with Crippen molar-refractivity contribution >= 4 is 11.7 Å². The predicted octanol–water partition coefficient (Wildman–Crippen LogP) is 3.48. The van der Waals surface area contributed by atoms with Crippen LogP contribution in [0.3, 0.4) is 0 Å². The number of hydrogen-bond donors (Lipinski definition) is 3. The van der Waals surface area contributed by atoms with Crippen LogP contribution in [-0.2, 0) is 4.74 Å². The Morgan fingerprint density at radius 1 is 1.08 bits per heavy atom. The van der Waals surface area contributed by atoms with Crippen molar-refractivity contribution in [1.82, 2.24) is 5.32 Å². The number of nitrogens with one attached hydrogen (secondary N) is 2. The number of carbonyl (C=O) groups excluding carboxylic acids is 1. The van der Waals surface area contributed by atoms with Gasteiger partial charge in [-0.1, -0.05) is 35.9 Å². The van der Waals surface area contributed by atoms with E-state index in [9.17, 15) is 4.79 Å². The molecule has 0 radical (unpaired) electrons. The van der Waals surface area contributed by atoms with Crippen LogP contribution in [0.15, 0.2) is 42.5 Å². The number of aliphatic hydroxyl groups is 1. The quantitative estimate of drug-likeness (QED) is 0.721. The number of carbonyl (C=O) groups is 1. The van der Waals surface area contributed by atoms with E-state index in [1.54, 1.807) is 0 Å². The molecule has 0 bridgehead atoms.